The first kappa shape index (κ1) is 9.90. The van der Waals surface area contributed by atoms with Gasteiger partial charge in [0.2, 0.25) is 0 Å². The fourth-order valence-electron chi connectivity index (χ4n) is 1.86. The van der Waals surface area contributed by atoms with E-state index in [1.54, 1.807) is 7.11 Å². The topological polar surface area (TPSA) is 37.9 Å². The molecule has 3 heteroatoms. The van der Waals surface area contributed by atoms with Crippen LogP contribution in [0.15, 0.2) is 42.5 Å². The van der Waals surface area contributed by atoms with Gasteiger partial charge in [0.25, 0.3) is 0 Å². The highest BCUT2D eigenvalue weighted by Gasteiger charge is 2.09. The van der Waals surface area contributed by atoms with E-state index >= 15 is 0 Å². The molecule has 0 amide bonds. The first-order valence-corrected chi connectivity index (χ1v) is 5.38. The van der Waals surface area contributed by atoms with Gasteiger partial charge in [0.05, 0.1) is 23.7 Å². The van der Waals surface area contributed by atoms with E-state index in [4.69, 9.17) is 4.74 Å². The van der Waals surface area contributed by atoms with Gasteiger partial charge in [-0.25, -0.2) is 4.98 Å². The minimum atomic E-state index is 0.701. The van der Waals surface area contributed by atoms with Crippen molar-refractivity contribution in [3.63, 3.8) is 0 Å². The number of nitrogens with one attached hydrogen (secondary N) is 1. The molecule has 0 spiro atoms. The van der Waals surface area contributed by atoms with Crippen molar-refractivity contribution < 1.29 is 4.74 Å². The molecule has 1 aromatic heterocycles. The van der Waals surface area contributed by atoms with Crippen LogP contribution in [-0.2, 0) is 0 Å². The summed E-state index contributed by atoms with van der Waals surface area (Å²) in [6.45, 7) is 0. The second-order valence-electron chi connectivity index (χ2n) is 3.72. The van der Waals surface area contributed by atoms with Crippen molar-refractivity contribution in [2.75, 3.05) is 7.11 Å². The van der Waals surface area contributed by atoms with E-state index in [9.17, 15) is 0 Å². The molecule has 0 aliphatic carbocycles. The van der Waals surface area contributed by atoms with Crippen LogP contribution in [0.25, 0.3) is 22.4 Å². The predicted octanol–water partition coefficient (Wildman–Crippen LogP) is 3.04. The number of aromatic nitrogens is 2. The summed E-state index contributed by atoms with van der Waals surface area (Å²) in [6.07, 6.45) is 0. The number of rotatable bonds is 2. The highest BCUT2D eigenvalue weighted by molar-refractivity contribution is 5.80. The Morgan fingerprint density at radius 2 is 2.06 bits per heavy atom. The van der Waals surface area contributed by atoms with Gasteiger partial charge in [-0.2, -0.15) is 0 Å². The third-order valence-corrected chi connectivity index (χ3v) is 2.67. The third kappa shape index (κ3) is 1.65. The lowest BCUT2D eigenvalue weighted by molar-refractivity contribution is 0.415. The fraction of sp³-hybridized carbons (Fsp3) is 0.0714. The van der Waals surface area contributed by atoms with Gasteiger partial charge in [-0.3, -0.25) is 0 Å². The number of hydrogen-bond acceptors (Lipinski definition) is 2. The van der Waals surface area contributed by atoms with Gasteiger partial charge >= 0.3 is 0 Å². The van der Waals surface area contributed by atoms with Crippen molar-refractivity contribution in [3.05, 3.63) is 48.5 Å². The Morgan fingerprint density at radius 1 is 1.18 bits per heavy atom. The number of H-pyrrole nitrogens is 1. The van der Waals surface area contributed by atoms with Gasteiger partial charge < -0.3 is 9.72 Å². The lowest BCUT2D eigenvalue weighted by Crippen LogP contribution is -1.88. The number of methoxy groups -OCH3 is 1. The maximum atomic E-state index is 5.28. The molecule has 0 saturated heterocycles. The quantitative estimate of drug-likeness (QED) is 0.725. The van der Waals surface area contributed by atoms with Crippen LogP contribution >= 0.6 is 0 Å². The normalized spacial score (nSPS) is 10.6. The van der Waals surface area contributed by atoms with Crippen LogP contribution in [0, 0.1) is 6.07 Å². The monoisotopic (exact) mass is 223 g/mol. The minimum absolute atomic E-state index is 0.701. The first-order chi connectivity index (χ1) is 8.38. The van der Waals surface area contributed by atoms with Gasteiger partial charge in [0, 0.05) is 6.07 Å². The van der Waals surface area contributed by atoms with Crippen molar-refractivity contribution in [2.24, 2.45) is 0 Å². The average Bonchev–Trinajstić information content (AvgIpc) is 2.82. The van der Waals surface area contributed by atoms with E-state index in [0.717, 1.165) is 22.4 Å². The van der Waals surface area contributed by atoms with Crippen molar-refractivity contribution in [2.45, 2.75) is 0 Å². The number of para-hydroxylation sites is 3. The highest BCUT2D eigenvalue weighted by Crippen LogP contribution is 2.28. The first-order valence-electron chi connectivity index (χ1n) is 5.38. The molecular formula is C14H11N2O. The number of fused-ring (bicyclic) bond motifs is 1. The third-order valence-electron chi connectivity index (χ3n) is 2.67. The van der Waals surface area contributed by atoms with Gasteiger partial charge in [0.1, 0.15) is 11.6 Å². The summed E-state index contributed by atoms with van der Waals surface area (Å²) >= 11 is 0. The molecule has 3 aromatic rings. The summed E-state index contributed by atoms with van der Waals surface area (Å²) in [7, 11) is 1.64. The number of ether oxygens (including phenoxy) is 1. The minimum Gasteiger partial charge on any atom is -0.495 e. The lowest BCUT2D eigenvalue weighted by atomic mass is 10.2. The van der Waals surface area contributed by atoms with Crippen molar-refractivity contribution in [1.82, 2.24) is 9.97 Å². The van der Waals surface area contributed by atoms with E-state index in [0.29, 0.717) is 5.75 Å². The van der Waals surface area contributed by atoms with Crippen LogP contribution in [0.4, 0.5) is 0 Å². The Labute approximate surface area is 99.1 Å². The van der Waals surface area contributed by atoms with Crippen molar-refractivity contribution in [1.29, 1.82) is 0 Å². The Morgan fingerprint density at radius 3 is 2.88 bits per heavy atom. The van der Waals surface area contributed by atoms with Crippen LogP contribution in [0.2, 0.25) is 0 Å². The van der Waals surface area contributed by atoms with Crippen LogP contribution in [0.1, 0.15) is 0 Å². The number of imidazole rings is 1. The molecular weight excluding hydrogens is 212 g/mol. The number of nitrogens with zero attached hydrogens (tertiary/aromatic N) is 1. The van der Waals surface area contributed by atoms with Crippen LogP contribution in [0.5, 0.6) is 5.75 Å². The molecule has 0 bridgehead atoms. The molecule has 3 rings (SSSR count). The zero-order valence-corrected chi connectivity index (χ0v) is 9.40. The molecule has 1 N–H and O–H groups in total. The van der Waals surface area contributed by atoms with Gasteiger partial charge in [0.15, 0.2) is 0 Å². The van der Waals surface area contributed by atoms with Gasteiger partial charge in [-0.05, 0) is 18.2 Å². The Kier molecular flexibility index (Phi) is 2.29. The number of aromatic amines is 1. The smallest absolute Gasteiger partial charge is 0.142 e. The molecule has 1 heterocycles. The zero-order valence-electron chi connectivity index (χ0n) is 9.40. The summed E-state index contributed by atoms with van der Waals surface area (Å²) in [5, 5.41) is 0. The molecule has 0 atom stereocenters. The number of benzene rings is 2. The molecule has 0 saturated carbocycles. The molecule has 0 aliphatic heterocycles. The lowest BCUT2D eigenvalue weighted by Gasteiger charge is -2.03. The van der Waals surface area contributed by atoms with E-state index in [1.807, 2.05) is 42.5 Å². The molecule has 1 radical (unpaired) electrons. The standard InChI is InChI=1S/C14H11N2O/c1-17-13-9-5-2-6-10(13)14-15-11-7-3-4-8-12(11)16-14/h2-8H,1H3,(H,15,16). The second-order valence-corrected chi connectivity index (χ2v) is 3.72. The van der Waals surface area contributed by atoms with Gasteiger partial charge in [-0.1, -0.05) is 24.3 Å². The maximum absolute atomic E-state index is 5.28. The molecule has 0 fully saturated rings. The van der Waals surface area contributed by atoms with E-state index in [1.165, 1.54) is 0 Å². The Balaban J connectivity index is 2.20. The molecule has 0 aliphatic rings. The summed E-state index contributed by atoms with van der Waals surface area (Å²) in [6, 6.07) is 16.7. The maximum Gasteiger partial charge on any atom is 0.142 e. The van der Waals surface area contributed by atoms with Gasteiger partial charge in [-0.15, -0.1) is 0 Å². The second kappa shape index (κ2) is 3.94. The summed E-state index contributed by atoms with van der Waals surface area (Å²) in [4.78, 5) is 7.81. The molecule has 17 heavy (non-hydrogen) atoms. The molecule has 83 valence electrons. The van der Waals surface area contributed by atoms with Crippen molar-refractivity contribution >= 4 is 11.0 Å². The highest BCUT2D eigenvalue weighted by atomic mass is 16.5. The van der Waals surface area contributed by atoms with E-state index in [-0.39, 0.29) is 0 Å². The van der Waals surface area contributed by atoms with E-state index < -0.39 is 0 Å². The average molecular weight is 223 g/mol. The summed E-state index contributed by atoms with van der Waals surface area (Å²) in [5.74, 6) is 1.51. The predicted molar refractivity (Wildman–Crippen MR) is 66.9 cm³/mol. The van der Waals surface area contributed by atoms with E-state index in [2.05, 4.69) is 16.0 Å². The van der Waals surface area contributed by atoms with Crippen LogP contribution < -0.4 is 4.74 Å². The molecule has 0 unspecified atom stereocenters. The zero-order chi connectivity index (χ0) is 11.7. The SMILES string of the molecule is COc1[c]cccc1-c1nc2ccccc2[nH]1. The molecule has 3 nitrogen and oxygen atoms in total. The largest absolute Gasteiger partial charge is 0.495 e. The van der Waals surface area contributed by atoms with Crippen molar-refractivity contribution in [3.8, 4) is 17.1 Å². The van der Waals surface area contributed by atoms with Crippen LogP contribution in [0.3, 0.4) is 0 Å². The Hall–Kier alpha value is -2.29. The summed E-state index contributed by atoms with van der Waals surface area (Å²) in [5.41, 5.74) is 2.90. The fourth-order valence-corrected chi connectivity index (χ4v) is 1.86. The summed E-state index contributed by atoms with van der Waals surface area (Å²) < 4.78 is 5.28. The Bertz CT molecular complexity index is 625. The number of hydrogen-bond donors (Lipinski definition) is 1. The van der Waals surface area contributed by atoms with Crippen LogP contribution in [-0.4, -0.2) is 17.1 Å². The molecule has 2 aromatic carbocycles.